The summed E-state index contributed by atoms with van der Waals surface area (Å²) < 4.78 is 16.7. The summed E-state index contributed by atoms with van der Waals surface area (Å²) in [7, 11) is 0. The fraction of sp³-hybridized carbons (Fsp3) is 0.796. The van der Waals surface area contributed by atoms with Crippen molar-refractivity contribution in [2.75, 3.05) is 13.2 Å². The van der Waals surface area contributed by atoms with E-state index in [1.54, 1.807) is 0 Å². The Morgan fingerprint density at radius 3 is 1.02 bits per heavy atom. The Hall–Kier alpha value is -2.63. The molecule has 0 bridgehead atoms. The Labute approximate surface area is 371 Å². The first-order valence-electron chi connectivity index (χ1n) is 25.6. The molecule has 0 aromatic carbocycles. The van der Waals surface area contributed by atoms with E-state index < -0.39 is 6.10 Å². The molecule has 0 saturated carbocycles. The fourth-order valence-corrected chi connectivity index (χ4v) is 7.26. The summed E-state index contributed by atoms with van der Waals surface area (Å²) in [5.74, 6) is -0.888. The zero-order chi connectivity index (χ0) is 43.7. The van der Waals surface area contributed by atoms with E-state index in [-0.39, 0.29) is 31.1 Å². The summed E-state index contributed by atoms with van der Waals surface area (Å²) in [4.78, 5) is 37.7. The molecular weight excluding hydrogens is 745 g/mol. The number of esters is 3. The quantitative estimate of drug-likeness (QED) is 0.0263. The van der Waals surface area contributed by atoms with Gasteiger partial charge in [0.2, 0.25) is 0 Å². The van der Waals surface area contributed by atoms with Gasteiger partial charge in [0.05, 0.1) is 0 Å². The molecule has 348 valence electrons. The molecule has 0 N–H and O–H groups in total. The Morgan fingerprint density at radius 2 is 0.650 bits per heavy atom. The third kappa shape index (κ3) is 46.4. The molecule has 0 aromatic heterocycles. The van der Waals surface area contributed by atoms with Crippen molar-refractivity contribution in [2.24, 2.45) is 0 Å². The van der Waals surface area contributed by atoms with E-state index in [4.69, 9.17) is 14.2 Å². The van der Waals surface area contributed by atoms with Gasteiger partial charge in [-0.2, -0.15) is 0 Å². The SMILES string of the molecule is CC/C=C\C/C=C\C/C=C\C/C=C\CCCCCCCCCCC(=O)OCC(COC(=O)CCCCCCC)OC(=O)CCCCCCCCCCCCCCCCCC. The Balaban J connectivity index is 4.15. The summed E-state index contributed by atoms with van der Waals surface area (Å²) in [6, 6.07) is 0. The first-order valence-corrected chi connectivity index (χ1v) is 25.6. The van der Waals surface area contributed by atoms with Crippen molar-refractivity contribution >= 4 is 17.9 Å². The number of hydrogen-bond donors (Lipinski definition) is 0. The first kappa shape index (κ1) is 57.4. The van der Waals surface area contributed by atoms with E-state index in [2.05, 4.69) is 69.4 Å². The molecule has 0 aromatic rings. The lowest BCUT2D eigenvalue weighted by molar-refractivity contribution is -0.167. The Bertz CT molecular complexity index is 1060. The van der Waals surface area contributed by atoms with Crippen LogP contribution in [-0.4, -0.2) is 37.2 Å². The molecule has 1 unspecified atom stereocenters. The van der Waals surface area contributed by atoms with Gasteiger partial charge in [-0.1, -0.05) is 230 Å². The molecule has 0 spiro atoms. The molecule has 0 rings (SSSR count). The van der Waals surface area contributed by atoms with Crippen molar-refractivity contribution in [3.63, 3.8) is 0 Å². The van der Waals surface area contributed by atoms with Gasteiger partial charge < -0.3 is 14.2 Å². The van der Waals surface area contributed by atoms with E-state index in [0.29, 0.717) is 19.3 Å². The van der Waals surface area contributed by atoms with Crippen LogP contribution in [0.3, 0.4) is 0 Å². The number of ether oxygens (including phenoxy) is 3. The normalized spacial score (nSPS) is 12.4. The van der Waals surface area contributed by atoms with Crippen LogP contribution in [0.5, 0.6) is 0 Å². The third-order valence-corrected chi connectivity index (χ3v) is 11.1. The minimum absolute atomic E-state index is 0.0742. The molecule has 1 atom stereocenters. The van der Waals surface area contributed by atoms with Gasteiger partial charge in [0, 0.05) is 19.3 Å². The molecule has 0 radical (unpaired) electrons. The number of hydrogen-bond acceptors (Lipinski definition) is 6. The molecule has 6 heteroatoms. The second-order valence-electron chi connectivity index (χ2n) is 17.1. The number of unbranched alkanes of at least 4 members (excludes halogenated alkanes) is 27. The van der Waals surface area contributed by atoms with E-state index in [0.717, 1.165) is 96.3 Å². The number of carbonyl (C=O) groups excluding carboxylic acids is 3. The van der Waals surface area contributed by atoms with Crippen molar-refractivity contribution in [3.8, 4) is 0 Å². The molecular formula is C54H96O6. The van der Waals surface area contributed by atoms with Crippen LogP contribution >= 0.6 is 0 Å². The predicted molar refractivity (Wildman–Crippen MR) is 256 cm³/mol. The van der Waals surface area contributed by atoms with Gasteiger partial charge in [-0.05, 0) is 57.8 Å². The first-order chi connectivity index (χ1) is 29.5. The molecule has 0 fully saturated rings. The third-order valence-electron chi connectivity index (χ3n) is 11.1. The molecule has 0 aliphatic rings. The van der Waals surface area contributed by atoms with Crippen LogP contribution in [0.25, 0.3) is 0 Å². The van der Waals surface area contributed by atoms with Gasteiger partial charge in [-0.15, -0.1) is 0 Å². The number of allylic oxidation sites excluding steroid dienone is 8. The maximum Gasteiger partial charge on any atom is 0.306 e. The Morgan fingerprint density at radius 1 is 0.350 bits per heavy atom. The lowest BCUT2D eigenvalue weighted by Crippen LogP contribution is -2.30. The van der Waals surface area contributed by atoms with Crippen LogP contribution in [0, 0.1) is 0 Å². The fourth-order valence-electron chi connectivity index (χ4n) is 7.26. The van der Waals surface area contributed by atoms with Crippen molar-refractivity contribution in [3.05, 3.63) is 48.6 Å². The van der Waals surface area contributed by atoms with Crippen molar-refractivity contribution in [2.45, 2.75) is 264 Å². The van der Waals surface area contributed by atoms with Gasteiger partial charge in [-0.3, -0.25) is 14.4 Å². The smallest absolute Gasteiger partial charge is 0.306 e. The van der Waals surface area contributed by atoms with E-state index in [1.807, 2.05) is 0 Å². The average Bonchev–Trinajstić information content (AvgIpc) is 3.24. The van der Waals surface area contributed by atoms with Crippen LogP contribution < -0.4 is 0 Å². The monoisotopic (exact) mass is 841 g/mol. The van der Waals surface area contributed by atoms with Crippen molar-refractivity contribution < 1.29 is 28.6 Å². The second-order valence-corrected chi connectivity index (χ2v) is 17.1. The van der Waals surface area contributed by atoms with Crippen LogP contribution in [0.15, 0.2) is 48.6 Å². The summed E-state index contributed by atoms with van der Waals surface area (Å²) in [6.07, 6.45) is 58.4. The minimum atomic E-state index is -0.769. The zero-order valence-electron chi connectivity index (χ0n) is 39.7. The van der Waals surface area contributed by atoms with Gasteiger partial charge >= 0.3 is 17.9 Å². The van der Waals surface area contributed by atoms with Gasteiger partial charge in [0.1, 0.15) is 13.2 Å². The largest absolute Gasteiger partial charge is 0.462 e. The van der Waals surface area contributed by atoms with Gasteiger partial charge in [0.15, 0.2) is 6.10 Å². The highest BCUT2D eigenvalue weighted by atomic mass is 16.6. The highest BCUT2D eigenvalue weighted by molar-refractivity contribution is 5.71. The summed E-state index contributed by atoms with van der Waals surface area (Å²) in [5, 5.41) is 0. The average molecular weight is 841 g/mol. The van der Waals surface area contributed by atoms with Crippen LogP contribution in [-0.2, 0) is 28.6 Å². The standard InChI is InChI=1S/C54H96O6/c1-4-7-10-13-15-17-19-21-23-25-26-27-28-29-31-32-34-36-38-41-44-47-53(56)59-50-51(49-58-52(55)46-43-40-12-9-6-3)60-54(57)48-45-42-39-37-35-33-30-24-22-20-18-16-14-11-8-5-2/h7,10,15,17,21,23,26-27,51H,4-6,8-9,11-14,16,18-20,22,24-25,28-50H2,1-3H3/b10-7-,17-15-,23-21-,27-26-. The van der Waals surface area contributed by atoms with E-state index in [1.165, 1.54) is 122 Å². The van der Waals surface area contributed by atoms with E-state index in [9.17, 15) is 14.4 Å². The van der Waals surface area contributed by atoms with Crippen LogP contribution in [0.4, 0.5) is 0 Å². The maximum atomic E-state index is 12.7. The molecule has 0 aliphatic heterocycles. The maximum absolute atomic E-state index is 12.7. The zero-order valence-corrected chi connectivity index (χ0v) is 39.7. The highest BCUT2D eigenvalue weighted by Gasteiger charge is 2.19. The topological polar surface area (TPSA) is 78.9 Å². The van der Waals surface area contributed by atoms with Crippen LogP contribution in [0.2, 0.25) is 0 Å². The number of carbonyl (C=O) groups is 3. The highest BCUT2D eigenvalue weighted by Crippen LogP contribution is 2.16. The predicted octanol–water partition coefficient (Wildman–Crippen LogP) is 16.7. The molecule has 0 heterocycles. The second kappa shape index (κ2) is 49.0. The number of rotatable bonds is 46. The molecule has 60 heavy (non-hydrogen) atoms. The summed E-state index contributed by atoms with van der Waals surface area (Å²) >= 11 is 0. The van der Waals surface area contributed by atoms with Crippen molar-refractivity contribution in [1.82, 2.24) is 0 Å². The Kier molecular flexibility index (Phi) is 46.9. The van der Waals surface area contributed by atoms with E-state index >= 15 is 0 Å². The summed E-state index contributed by atoms with van der Waals surface area (Å²) in [5.41, 5.74) is 0. The molecule has 0 amide bonds. The molecule has 0 saturated heterocycles. The lowest BCUT2D eigenvalue weighted by Gasteiger charge is -2.18. The molecule has 0 aliphatic carbocycles. The lowest BCUT2D eigenvalue weighted by atomic mass is 10.0. The summed E-state index contributed by atoms with van der Waals surface area (Å²) in [6.45, 7) is 6.45. The minimum Gasteiger partial charge on any atom is -0.462 e. The molecule has 6 nitrogen and oxygen atoms in total. The van der Waals surface area contributed by atoms with Crippen LogP contribution in [0.1, 0.15) is 258 Å². The van der Waals surface area contributed by atoms with Crippen molar-refractivity contribution in [1.29, 1.82) is 0 Å². The van der Waals surface area contributed by atoms with Gasteiger partial charge in [-0.25, -0.2) is 0 Å². The van der Waals surface area contributed by atoms with Gasteiger partial charge in [0.25, 0.3) is 0 Å².